The highest BCUT2D eigenvalue weighted by Crippen LogP contribution is 2.32. The predicted octanol–water partition coefficient (Wildman–Crippen LogP) is 4.78. The third kappa shape index (κ3) is 3.93. The van der Waals surface area contributed by atoms with Crippen molar-refractivity contribution in [1.82, 2.24) is 4.90 Å². The Morgan fingerprint density at radius 2 is 2.00 bits per heavy atom. The highest BCUT2D eigenvalue weighted by Gasteiger charge is 2.14. The van der Waals surface area contributed by atoms with E-state index >= 15 is 0 Å². The third-order valence-electron chi connectivity index (χ3n) is 3.12. The number of ether oxygens (including phenoxy) is 1. The van der Waals surface area contributed by atoms with Gasteiger partial charge in [-0.05, 0) is 23.8 Å². The summed E-state index contributed by atoms with van der Waals surface area (Å²) in [5, 5.41) is 3.26. The minimum absolute atomic E-state index is 0.240. The molecule has 0 aliphatic carbocycles. The van der Waals surface area contributed by atoms with Crippen LogP contribution in [0.2, 0.25) is 5.02 Å². The van der Waals surface area contributed by atoms with Crippen LogP contribution >= 0.6 is 27.5 Å². The highest BCUT2D eigenvalue weighted by molar-refractivity contribution is 9.10. The van der Waals surface area contributed by atoms with Crippen LogP contribution < -0.4 is 10.1 Å². The molecule has 0 saturated heterocycles. The molecule has 2 amide bonds. The third-order valence-corrected chi connectivity index (χ3v) is 4.20. The quantitative estimate of drug-likeness (QED) is 0.826. The van der Waals surface area contributed by atoms with Gasteiger partial charge in [0, 0.05) is 18.1 Å². The van der Waals surface area contributed by atoms with Gasteiger partial charge in [0.2, 0.25) is 0 Å². The number of halogens is 2. The van der Waals surface area contributed by atoms with Crippen molar-refractivity contribution in [3.05, 3.63) is 57.5 Å². The molecule has 2 aromatic rings. The van der Waals surface area contributed by atoms with Gasteiger partial charge in [-0.15, -0.1) is 0 Å². The van der Waals surface area contributed by atoms with Crippen molar-refractivity contribution in [2.24, 2.45) is 0 Å². The van der Waals surface area contributed by atoms with Gasteiger partial charge in [0.25, 0.3) is 0 Å². The molecular formula is C16H16BrClN2O2. The summed E-state index contributed by atoms with van der Waals surface area (Å²) in [5.41, 5.74) is 1.57. The van der Waals surface area contributed by atoms with Gasteiger partial charge in [-0.25, -0.2) is 4.79 Å². The Balaban J connectivity index is 2.09. The van der Waals surface area contributed by atoms with E-state index in [9.17, 15) is 4.79 Å². The molecule has 0 aromatic heterocycles. The largest absolute Gasteiger partial charge is 0.493 e. The number of urea groups is 1. The Hall–Kier alpha value is -1.72. The summed E-state index contributed by atoms with van der Waals surface area (Å²) < 4.78 is 6.19. The zero-order chi connectivity index (χ0) is 16.1. The number of carbonyl (C=O) groups excluding carboxylic acids is 1. The van der Waals surface area contributed by atoms with Crippen LogP contribution in [-0.4, -0.2) is 25.1 Å². The SMILES string of the molecule is COc1c(Cl)cccc1NC(=O)N(C)Cc1ccccc1Br. The zero-order valence-electron chi connectivity index (χ0n) is 12.3. The minimum atomic E-state index is -0.240. The molecule has 0 heterocycles. The van der Waals surface area contributed by atoms with Gasteiger partial charge in [0.05, 0.1) is 17.8 Å². The van der Waals surface area contributed by atoms with Crippen LogP contribution in [-0.2, 0) is 6.54 Å². The van der Waals surface area contributed by atoms with Crippen LogP contribution in [0.5, 0.6) is 5.75 Å². The summed E-state index contributed by atoms with van der Waals surface area (Å²) in [6.45, 7) is 0.482. The maximum Gasteiger partial charge on any atom is 0.321 e. The first-order valence-electron chi connectivity index (χ1n) is 6.61. The molecule has 1 N–H and O–H groups in total. The molecule has 4 nitrogen and oxygen atoms in total. The molecule has 0 unspecified atom stereocenters. The monoisotopic (exact) mass is 382 g/mol. The second-order valence-electron chi connectivity index (χ2n) is 4.70. The van der Waals surface area contributed by atoms with Crippen molar-refractivity contribution in [2.45, 2.75) is 6.54 Å². The standard InChI is InChI=1S/C16H16BrClN2O2/c1-20(10-11-6-3-4-7-12(11)17)16(21)19-14-9-5-8-13(18)15(14)22-2/h3-9H,10H2,1-2H3,(H,19,21). The first-order valence-corrected chi connectivity index (χ1v) is 7.78. The van der Waals surface area contributed by atoms with E-state index in [0.717, 1.165) is 10.0 Å². The Kier molecular flexibility index (Phi) is 5.69. The number of para-hydroxylation sites is 1. The lowest BCUT2D eigenvalue weighted by atomic mass is 10.2. The van der Waals surface area contributed by atoms with Gasteiger partial charge in [-0.2, -0.15) is 0 Å². The first kappa shape index (κ1) is 16.6. The first-order chi connectivity index (χ1) is 10.5. The lowest BCUT2D eigenvalue weighted by Crippen LogP contribution is -2.31. The average molecular weight is 384 g/mol. The van der Waals surface area contributed by atoms with Crippen LogP contribution in [0, 0.1) is 0 Å². The summed E-state index contributed by atoms with van der Waals surface area (Å²) in [5.74, 6) is 0.451. The molecule has 116 valence electrons. The number of methoxy groups -OCH3 is 1. The molecular weight excluding hydrogens is 368 g/mol. The van der Waals surface area contributed by atoms with E-state index in [1.54, 1.807) is 30.1 Å². The van der Waals surface area contributed by atoms with Crippen LogP contribution in [0.15, 0.2) is 46.9 Å². The Bertz CT molecular complexity index is 679. The molecule has 0 atom stereocenters. The van der Waals surface area contributed by atoms with E-state index in [0.29, 0.717) is 23.0 Å². The Labute approximate surface area is 143 Å². The second-order valence-corrected chi connectivity index (χ2v) is 5.96. The smallest absolute Gasteiger partial charge is 0.321 e. The number of rotatable bonds is 4. The molecule has 0 radical (unpaired) electrons. The van der Waals surface area contributed by atoms with Crippen molar-refractivity contribution in [1.29, 1.82) is 0 Å². The number of carbonyl (C=O) groups is 1. The van der Waals surface area contributed by atoms with Crippen LogP contribution in [0.4, 0.5) is 10.5 Å². The summed E-state index contributed by atoms with van der Waals surface area (Å²) in [6, 6.07) is 12.8. The Morgan fingerprint density at radius 1 is 1.27 bits per heavy atom. The van der Waals surface area contributed by atoms with Crippen molar-refractivity contribution >= 4 is 39.2 Å². The van der Waals surface area contributed by atoms with Gasteiger partial charge >= 0.3 is 6.03 Å². The number of hydrogen-bond acceptors (Lipinski definition) is 2. The van der Waals surface area contributed by atoms with Crippen molar-refractivity contribution in [2.75, 3.05) is 19.5 Å². The average Bonchev–Trinajstić information content (AvgIpc) is 2.49. The van der Waals surface area contributed by atoms with E-state index in [4.69, 9.17) is 16.3 Å². The molecule has 2 rings (SSSR count). The number of nitrogens with one attached hydrogen (secondary N) is 1. The zero-order valence-corrected chi connectivity index (χ0v) is 14.6. The number of benzene rings is 2. The van der Waals surface area contributed by atoms with Crippen LogP contribution in [0.25, 0.3) is 0 Å². The van der Waals surface area contributed by atoms with E-state index in [1.807, 2.05) is 24.3 Å². The van der Waals surface area contributed by atoms with Crippen molar-refractivity contribution < 1.29 is 9.53 Å². The normalized spacial score (nSPS) is 10.2. The van der Waals surface area contributed by atoms with Crippen molar-refractivity contribution in [3.63, 3.8) is 0 Å². The molecule has 0 fully saturated rings. The lowest BCUT2D eigenvalue weighted by molar-refractivity contribution is 0.220. The highest BCUT2D eigenvalue weighted by atomic mass is 79.9. The number of amides is 2. The molecule has 0 spiro atoms. The molecule has 0 aliphatic rings. The minimum Gasteiger partial charge on any atom is -0.493 e. The van der Waals surface area contributed by atoms with Crippen molar-refractivity contribution in [3.8, 4) is 5.75 Å². The second kappa shape index (κ2) is 7.51. The van der Waals surface area contributed by atoms with E-state index in [1.165, 1.54) is 7.11 Å². The summed E-state index contributed by atoms with van der Waals surface area (Å²) in [6.07, 6.45) is 0. The molecule has 0 aliphatic heterocycles. The van der Waals surface area contributed by atoms with Gasteiger partial charge in [0.1, 0.15) is 0 Å². The van der Waals surface area contributed by atoms with Gasteiger partial charge in [-0.1, -0.05) is 51.8 Å². The maximum absolute atomic E-state index is 12.3. The van der Waals surface area contributed by atoms with Crippen LogP contribution in [0.1, 0.15) is 5.56 Å². The fraction of sp³-hybridized carbons (Fsp3) is 0.188. The lowest BCUT2D eigenvalue weighted by Gasteiger charge is -2.20. The predicted molar refractivity (Wildman–Crippen MR) is 92.6 cm³/mol. The van der Waals surface area contributed by atoms with Gasteiger partial charge in [-0.3, -0.25) is 0 Å². The Morgan fingerprint density at radius 3 is 2.68 bits per heavy atom. The summed E-state index contributed by atoms with van der Waals surface area (Å²) in [7, 11) is 3.24. The van der Waals surface area contributed by atoms with E-state index in [-0.39, 0.29) is 6.03 Å². The molecule has 22 heavy (non-hydrogen) atoms. The molecule has 0 bridgehead atoms. The molecule has 2 aromatic carbocycles. The van der Waals surface area contributed by atoms with Crippen LogP contribution in [0.3, 0.4) is 0 Å². The fourth-order valence-corrected chi connectivity index (χ4v) is 2.64. The molecule has 0 saturated carbocycles. The summed E-state index contributed by atoms with van der Waals surface area (Å²) in [4.78, 5) is 13.9. The number of nitrogens with zero attached hydrogens (tertiary/aromatic N) is 1. The number of hydrogen-bond donors (Lipinski definition) is 1. The van der Waals surface area contributed by atoms with E-state index in [2.05, 4.69) is 21.2 Å². The number of anilines is 1. The summed E-state index contributed by atoms with van der Waals surface area (Å²) >= 11 is 9.52. The van der Waals surface area contributed by atoms with E-state index < -0.39 is 0 Å². The molecule has 6 heteroatoms. The fourth-order valence-electron chi connectivity index (χ4n) is 1.98. The topological polar surface area (TPSA) is 41.6 Å². The van der Waals surface area contributed by atoms with Gasteiger partial charge in [0.15, 0.2) is 5.75 Å². The van der Waals surface area contributed by atoms with Gasteiger partial charge < -0.3 is 15.0 Å². The maximum atomic E-state index is 12.3.